The molecule has 1 aromatic rings. The van der Waals surface area contributed by atoms with Crippen molar-refractivity contribution in [3.05, 3.63) is 35.4 Å². The van der Waals surface area contributed by atoms with E-state index in [9.17, 15) is 0 Å². The van der Waals surface area contributed by atoms with Gasteiger partial charge >= 0.3 is 0 Å². The lowest BCUT2D eigenvalue weighted by Crippen LogP contribution is -2.22. The Morgan fingerprint density at radius 3 is 2.44 bits per heavy atom. The van der Waals surface area contributed by atoms with Gasteiger partial charge < -0.3 is 5.73 Å². The fraction of sp³-hybridized carbons (Fsp3) is 0.600. The second kappa shape index (κ2) is 4.21. The van der Waals surface area contributed by atoms with Crippen molar-refractivity contribution in [1.82, 2.24) is 0 Å². The second-order valence-electron chi connectivity index (χ2n) is 5.51. The number of nitrogens with two attached hydrogens (primary N) is 1. The quantitative estimate of drug-likeness (QED) is 0.816. The van der Waals surface area contributed by atoms with Crippen molar-refractivity contribution in [1.29, 1.82) is 0 Å². The first kappa shape index (κ1) is 11.7. The van der Waals surface area contributed by atoms with Gasteiger partial charge in [-0.25, -0.2) is 0 Å². The summed E-state index contributed by atoms with van der Waals surface area (Å²) in [6, 6.07) is 8.92. The molecule has 88 valence electrons. The normalized spacial score (nSPS) is 28.4. The van der Waals surface area contributed by atoms with Crippen molar-refractivity contribution in [2.24, 2.45) is 11.7 Å². The predicted octanol–water partition coefficient (Wildman–Crippen LogP) is 3.78. The van der Waals surface area contributed by atoms with Crippen LogP contribution in [0.25, 0.3) is 0 Å². The highest BCUT2D eigenvalue weighted by Crippen LogP contribution is 2.52. The van der Waals surface area contributed by atoms with E-state index in [0.29, 0.717) is 11.8 Å². The molecule has 2 rings (SSSR count). The van der Waals surface area contributed by atoms with Crippen LogP contribution in [0.4, 0.5) is 0 Å². The molecule has 0 aromatic heterocycles. The zero-order chi connectivity index (χ0) is 11.8. The molecule has 0 spiro atoms. The highest BCUT2D eigenvalue weighted by molar-refractivity contribution is 5.35. The Balaban J connectivity index is 2.11. The van der Waals surface area contributed by atoms with Crippen LogP contribution >= 0.6 is 0 Å². The van der Waals surface area contributed by atoms with Crippen molar-refractivity contribution in [3.63, 3.8) is 0 Å². The van der Waals surface area contributed by atoms with Crippen molar-refractivity contribution >= 4 is 0 Å². The van der Waals surface area contributed by atoms with E-state index in [1.165, 1.54) is 30.4 Å². The summed E-state index contributed by atoms with van der Waals surface area (Å²) in [6.07, 6.45) is 3.68. The molecule has 1 heteroatoms. The molecular formula is C15H23N. The molecule has 0 saturated heterocycles. The minimum atomic E-state index is -0.00841. The summed E-state index contributed by atoms with van der Waals surface area (Å²) in [5, 5.41) is 0. The molecule has 0 amide bonds. The second-order valence-corrected chi connectivity index (χ2v) is 5.51. The van der Waals surface area contributed by atoms with E-state index in [-0.39, 0.29) is 5.54 Å². The van der Waals surface area contributed by atoms with E-state index in [4.69, 9.17) is 5.73 Å². The summed E-state index contributed by atoms with van der Waals surface area (Å²) in [7, 11) is 0. The first-order valence-corrected chi connectivity index (χ1v) is 6.47. The van der Waals surface area contributed by atoms with E-state index in [1.54, 1.807) is 0 Å². The molecule has 2 unspecified atom stereocenters. The van der Waals surface area contributed by atoms with E-state index >= 15 is 0 Å². The topological polar surface area (TPSA) is 26.0 Å². The highest BCUT2D eigenvalue weighted by atomic mass is 14.9. The average Bonchev–Trinajstić information content (AvgIpc) is 2.92. The Kier molecular flexibility index (Phi) is 3.07. The maximum Gasteiger partial charge on any atom is 0.0442 e. The Labute approximate surface area is 99.0 Å². The Hall–Kier alpha value is -0.820. The van der Waals surface area contributed by atoms with Crippen LogP contribution in [0.15, 0.2) is 24.3 Å². The molecule has 1 aromatic carbocycles. The molecule has 1 nitrogen and oxygen atoms in total. The molecule has 2 N–H and O–H groups in total. The SMILES string of the molecule is CCCC1CC1(N)c1ccc(C(C)C)cc1. The van der Waals surface area contributed by atoms with Gasteiger partial charge in [0, 0.05) is 5.54 Å². The van der Waals surface area contributed by atoms with Crippen LogP contribution in [0, 0.1) is 5.92 Å². The van der Waals surface area contributed by atoms with Gasteiger partial charge in [0.05, 0.1) is 0 Å². The summed E-state index contributed by atoms with van der Waals surface area (Å²) in [6.45, 7) is 6.69. The van der Waals surface area contributed by atoms with Gasteiger partial charge in [0.2, 0.25) is 0 Å². The molecule has 1 saturated carbocycles. The smallest absolute Gasteiger partial charge is 0.0442 e. The van der Waals surface area contributed by atoms with Crippen LogP contribution in [-0.2, 0) is 5.54 Å². The number of rotatable bonds is 4. The molecule has 2 atom stereocenters. The first-order valence-electron chi connectivity index (χ1n) is 6.47. The van der Waals surface area contributed by atoms with Gasteiger partial charge in [0.15, 0.2) is 0 Å². The average molecular weight is 217 g/mol. The van der Waals surface area contributed by atoms with Crippen molar-refractivity contribution in [2.75, 3.05) is 0 Å². The van der Waals surface area contributed by atoms with Gasteiger partial charge in [-0.15, -0.1) is 0 Å². The van der Waals surface area contributed by atoms with Gasteiger partial charge in [-0.1, -0.05) is 51.5 Å². The summed E-state index contributed by atoms with van der Waals surface area (Å²) in [4.78, 5) is 0. The number of hydrogen-bond acceptors (Lipinski definition) is 1. The maximum absolute atomic E-state index is 6.42. The van der Waals surface area contributed by atoms with Crippen LogP contribution in [0.2, 0.25) is 0 Å². The standard InChI is InChI=1S/C15H23N/c1-4-5-14-10-15(14,16)13-8-6-12(7-9-13)11(2)3/h6-9,11,14H,4-5,10,16H2,1-3H3. The molecule has 1 fully saturated rings. The van der Waals surface area contributed by atoms with Crippen molar-refractivity contribution < 1.29 is 0 Å². The van der Waals surface area contributed by atoms with Crippen LogP contribution in [-0.4, -0.2) is 0 Å². The largest absolute Gasteiger partial charge is 0.321 e. The fourth-order valence-corrected chi connectivity index (χ4v) is 2.59. The lowest BCUT2D eigenvalue weighted by Gasteiger charge is -2.13. The summed E-state index contributed by atoms with van der Waals surface area (Å²) in [5.74, 6) is 1.32. The molecule has 0 heterocycles. The molecular weight excluding hydrogens is 194 g/mol. The maximum atomic E-state index is 6.42. The minimum absolute atomic E-state index is 0.00841. The van der Waals surface area contributed by atoms with E-state index in [1.807, 2.05) is 0 Å². The molecule has 0 radical (unpaired) electrons. The van der Waals surface area contributed by atoms with Crippen molar-refractivity contribution in [2.45, 2.75) is 51.5 Å². The van der Waals surface area contributed by atoms with Crippen molar-refractivity contribution in [3.8, 4) is 0 Å². The van der Waals surface area contributed by atoms with E-state index < -0.39 is 0 Å². The van der Waals surface area contributed by atoms with Gasteiger partial charge in [0.1, 0.15) is 0 Å². The summed E-state index contributed by atoms with van der Waals surface area (Å²) >= 11 is 0. The Morgan fingerprint density at radius 2 is 1.94 bits per heavy atom. The van der Waals surface area contributed by atoms with Crippen LogP contribution in [0.1, 0.15) is 57.1 Å². The Morgan fingerprint density at radius 1 is 1.31 bits per heavy atom. The van der Waals surface area contributed by atoms with Gasteiger partial charge in [-0.2, -0.15) is 0 Å². The van der Waals surface area contributed by atoms with E-state index in [2.05, 4.69) is 45.0 Å². The lowest BCUT2D eigenvalue weighted by atomic mass is 9.96. The summed E-state index contributed by atoms with van der Waals surface area (Å²) in [5.41, 5.74) is 9.15. The zero-order valence-corrected chi connectivity index (χ0v) is 10.7. The van der Waals surface area contributed by atoms with Gasteiger partial charge in [0.25, 0.3) is 0 Å². The minimum Gasteiger partial charge on any atom is -0.321 e. The lowest BCUT2D eigenvalue weighted by molar-refractivity contribution is 0.583. The monoisotopic (exact) mass is 217 g/mol. The Bertz CT molecular complexity index is 352. The highest BCUT2D eigenvalue weighted by Gasteiger charge is 2.50. The molecule has 1 aliphatic rings. The number of hydrogen-bond donors (Lipinski definition) is 1. The third-order valence-electron chi connectivity index (χ3n) is 3.90. The van der Waals surface area contributed by atoms with E-state index in [0.717, 1.165) is 0 Å². The van der Waals surface area contributed by atoms with Crippen LogP contribution < -0.4 is 5.73 Å². The predicted molar refractivity (Wildman–Crippen MR) is 69.4 cm³/mol. The van der Waals surface area contributed by atoms with Crippen LogP contribution in [0.5, 0.6) is 0 Å². The first-order chi connectivity index (χ1) is 7.58. The molecule has 0 aliphatic heterocycles. The fourth-order valence-electron chi connectivity index (χ4n) is 2.59. The number of benzene rings is 1. The van der Waals surface area contributed by atoms with Gasteiger partial charge in [-0.05, 0) is 35.8 Å². The molecule has 0 bridgehead atoms. The molecule has 16 heavy (non-hydrogen) atoms. The summed E-state index contributed by atoms with van der Waals surface area (Å²) < 4.78 is 0. The third kappa shape index (κ3) is 2.01. The van der Waals surface area contributed by atoms with Gasteiger partial charge in [-0.3, -0.25) is 0 Å². The zero-order valence-electron chi connectivity index (χ0n) is 10.7. The third-order valence-corrected chi connectivity index (χ3v) is 3.90. The molecule has 1 aliphatic carbocycles. The van der Waals surface area contributed by atoms with Crippen LogP contribution in [0.3, 0.4) is 0 Å².